The molecule has 0 unspecified atom stereocenters. The molecule has 0 radical (unpaired) electrons. The highest BCUT2D eigenvalue weighted by Gasteiger charge is 2.10. The average molecular weight is 514 g/mol. The maximum atomic E-state index is 6.01. The number of aromatic nitrogens is 1. The number of halogens is 2. The first kappa shape index (κ1) is 20.2. The van der Waals surface area contributed by atoms with Gasteiger partial charge in [-0.1, -0.05) is 48.5 Å². The van der Waals surface area contributed by atoms with Crippen LogP contribution in [0.15, 0.2) is 81.9 Å². The second kappa shape index (κ2) is 9.61. The van der Waals surface area contributed by atoms with Gasteiger partial charge in [-0.25, -0.2) is 0 Å². The van der Waals surface area contributed by atoms with Crippen molar-refractivity contribution in [2.24, 2.45) is 0 Å². The summed E-state index contributed by atoms with van der Waals surface area (Å²) in [7, 11) is 0. The van der Waals surface area contributed by atoms with Gasteiger partial charge >= 0.3 is 0 Å². The minimum atomic E-state index is 0.542. The highest BCUT2D eigenvalue weighted by Crippen LogP contribution is 2.35. The van der Waals surface area contributed by atoms with Crippen molar-refractivity contribution in [3.63, 3.8) is 0 Å². The Labute approximate surface area is 187 Å². The first-order valence-electron chi connectivity index (χ1n) is 9.61. The molecule has 0 saturated carbocycles. The molecule has 0 amide bonds. The Kier molecular flexibility index (Phi) is 6.70. The molecule has 0 atom stereocenters. The standard InChI is InChI=1S/C24H22Br2N2O/c25-21-12-18(13-22(26)24(21)29-16-17-6-2-1-3-7-17)14-27-11-10-19-15-28-23-9-5-4-8-20(19)23/h1-9,12-13,15,27-28H,10-11,14,16H2. The second-order valence-corrected chi connectivity index (χ2v) is 8.66. The molecule has 29 heavy (non-hydrogen) atoms. The number of aromatic amines is 1. The average Bonchev–Trinajstić information content (AvgIpc) is 3.14. The molecule has 0 aliphatic carbocycles. The minimum Gasteiger partial charge on any atom is -0.487 e. The molecule has 0 spiro atoms. The van der Waals surface area contributed by atoms with E-state index in [1.807, 2.05) is 18.2 Å². The fraction of sp³-hybridized carbons (Fsp3) is 0.167. The monoisotopic (exact) mass is 512 g/mol. The van der Waals surface area contributed by atoms with E-state index in [1.54, 1.807) is 0 Å². The Morgan fingerprint density at radius 2 is 1.59 bits per heavy atom. The predicted octanol–water partition coefficient (Wildman–Crippen LogP) is 6.60. The number of benzene rings is 3. The quantitative estimate of drug-likeness (QED) is 0.260. The molecule has 4 aromatic rings. The fourth-order valence-corrected chi connectivity index (χ4v) is 4.89. The van der Waals surface area contributed by atoms with Crippen molar-refractivity contribution in [2.75, 3.05) is 6.54 Å². The van der Waals surface area contributed by atoms with Gasteiger partial charge in [0.25, 0.3) is 0 Å². The fourth-order valence-electron chi connectivity index (χ4n) is 3.38. The normalized spacial score (nSPS) is 11.1. The SMILES string of the molecule is Brc1cc(CNCCc2c[nH]c3ccccc23)cc(Br)c1OCc1ccccc1. The van der Waals surface area contributed by atoms with Gasteiger partial charge in [-0.05, 0) is 79.7 Å². The molecule has 1 heterocycles. The maximum absolute atomic E-state index is 6.01. The summed E-state index contributed by atoms with van der Waals surface area (Å²) in [5, 5.41) is 4.85. The number of hydrogen-bond acceptors (Lipinski definition) is 2. The molecule has 2 N–H and O–H groups in total. The minimum absolute atomic E-state index is 0.542. The van der Waals surface area contributed by atoms with Crippen LogP contribution in [-0.4, -0.2) is 11.5 Å². The number of para-hydroxylation sites is 1. The molecule has 0 fully saturated rings. The Morgan fingerprint density at radius 1 is 0.862 bits per heavy atom. The van der Waals surface area contributed by atoms with Crippen LogP contribution in [0.5, 0.6) is 5.75 Å². The summed E-state index contributed by atoms with van der Waals surface area (Å²) in [4.78, 5) is 3.34. The smallest absolute Gasteiger partial charge is 0.148 e. The van der Waals surface area contributed by atoms with Crippen LogP contribution in [0.4, 0.5) is 0 Å². The van der Waals surface area contributed by atoms with Crippen LogP contribution in [0, 0.1) is 0 Å². The first-order valence-corrected chi connectivity index (χ1v) is 11.2. The van der Waals surface area contributed by atoms with Crippen molar-refractivity contribution in [3.05, 3.63) is 98.6 Å². The number of ether oxygens (including phenoxy) is 1. The summed E-state index contributed by atoms with van der Waals surface area (Å²) in [6, 6.07) is 22.8. The van der Waals surface area contributed by atoms with E-state index in [4.69, 9.17) is 4.74 Å². The second-order valence-electron chi connectivity index (χ2n) is 6.95. The van der Waals surface area contributed by atoms with E-state index in [0.29, 0.717) is 6.61 Å². The molecule has 5 heteroatoms. The van der Waals surface area contributed by atoms with Crippen LogP contribution >= 0.6 is 31.9 Å². The molecular formula is C24H22Br2N2O. The summed E-state index contributed by atoms with van der Waals surface area (Å²) in [6.07, 6.45) is 3.10. The topological polar surface area (TPSA) is 37.0 Å². The highest BCUT2D eigenvalue weighted by atomic mass is 79.9. The zero-order chi connectivity index (χ0) is 20.1. The van der Waals surface area contributed by atoms with E-state index < -0.39 is 0 Å². The maximum Gasteiger partial charge on any atom is 0.148 e. The molecule has 3 nitrogen and oxygen atoms in total. The third-order valence-corrected chi connectivity index (χ3v) is 6.04. The molecule has 3 aromatic carbocycles. The van der Waals surface area contributed by atoms with E-state index in [2.05, 4.69) is 96.9 Å². The van der Waals surface area contributed by atoms with Gasteiger partial charge in [-0.2, -0.15) is 0 Å². The molecule has 0 aliphatic rings. The molecular weight excluding hydrogens is 492 g/mol. The van der Waals surface area contributed by atoms with E-state index in [-0.39, 0.29) is 0 Å². The highest BCUT2D eigenvalue weighted by molar-refractivity contribution is 9.11. The van der Waals surface area contributed by atoms with Crippen molar-refractivity contribution in [2.45, 2.75) is 19.6 Å². The van der Waals surface area contributed by atoms with Gasteiger partial charge in [-0.15, -0.1) is 0 Å². The van der Waals surface area contributed by atoms with Crippen LogP contribution in [0.25, 0.3) is 10.9 Å². The van der Waals surface area contributed by atoms with Gasteiger partial charge in [-0.3, -0.25) is 0 Å². The van der Waals surface area contributed by atoms with Gasteiger partial charge in [0.2, 0.25) is 0 Å². The number of H-pyrrole nitrogens is 1. The van der Waals surface area contributed by atoms with Crippen LogP contribution in [0.2, 0.25) is 0 Å². The van der Waals surface area contributed by atoms with E-state index in [9.17, 15) is 0 Å². The molecule has 0 aliphatic heterocycles. The lowest BCUT2D eigenvalue weighted by Gasteiger charge is -2.13. The summed E-state index contributed by atoms with van der Waals surface area (Å²) in [5.41, 5.74) is 4.89. The van der Waals surface area contributed by atoms with Crippen LogP contribution in [0.3, 0.4) is 0 Å². The Morgan fingerprint density at radius 3 is 2.38 bits per heavy atom. The van der Waals surface area contributed by atoms with E-state index >= 15 is 0 Å². The van der Waals surface area contributed by atoms with Crippen molar-refractivity contribution in [1.29, 1.82) is 0 Å². The molecule has 148 valence electrons. The third kappa shape index (κ3) is 5.10. The summed E-state index contributed by atoms with van der Waals surface area (Å²) in [6.45, 7) is 2.27. The number of nitrogens with one attached hydrogen (secondary N) is 2. The van der Waals surface area contributed by atoms with Gasteiger partial charge < -0.3 is 15.0 Å². The lowest BCUT2D eigenvalue weighted by Crippen LogP contribution is -2.16. The van der Waals surface area contributed by atoms with Crippen molar-refractivity contribution >= 4 is 42.8 Å². The molecule has 1 aromatic heterocycles. The Hall–Kier alpha value is -2.08. The van der Waals surface area contributed by atoms with Crippen molar-refractivity contribution in [3.8, 4) is 5.75 Å². The third-order valence-electron chi connectivity index (χ3n) is 4.86. The van der Waals surface area contributed by atoms with Crippen LogP contribution < -0.4 is 10.1 Å². The molecule has 0 bridgehead atoms. The van der Waals surface area contributed by atoms with Gasteiger partial charge in [0, 0.05) is 23.6 Å². The van der Waals surface area contributed by atoms with Gasteiger partial charge in [0.1, 0.15) is 12.4 Å². The van der Waals surface area contributed by atoms with Gasteiger partial charge in [0.15, 0.2) is 0 Å². The van der Waals surface area contributed by atoms with E-state index in [0.717, 1.165) is 39.8 Å². The van der Waals surface area contributed by atoms with Crippen molar-refractivity contribution in [1.82, 2.24) is 10.3 Å². The van der Waals surface area contributed by atoms with E-state index in [1.165, 1.54) is 22.0 Å². The van der Waals surface area contributed by atoms with Crippen LogP contribution in [0.1, 0.15) is 16.7 Å². The molecule has 0 saturated heterocycles. The molecule has 4 rings (SSSR count). The lowest BCUT2D eigenvalue weighted by molar-refractivity contribution is 0.302. The Bertz CT molecular complexity index is 1070. The number of rotatable bonds is 8. The number of hydrogen-bond donors (Lipinski definition) is 2. The zero-order valence-corrected chi connectivity index (χ0v) is 19.1. The van der Waals surface area contributed by atoms with Crippen molar-refractivity contribution < 1.29 is 4.74 Å². The Balaban J connectivity index is 1.32. The lowest BCUT2D eigenvalue weighted by atomic mass is 10.1. The predicted molar refractivity (Wildman–Crippen MR) is 126 cm³/mol. The number of fused-ring (bicyclic) bond motifs is 1. The summed E-state index contributed by atoms with van der Waals surface area (Å²) >= 11 is 7.30. The first-order chi connectivity index (χ1) is 14.2. The van der Waals surface area contributed by atoms with Crippen LogP contribution in [-0.2, 0) is 19.6 Å². The zero-order valence-electron chi connectivity index (χ0n) is 15.9. The summed E-state index contributed by atoms with van der Waals surface area (Å²) < 4.78 is 7.92. The largest absolute Gasteiger partial charge is 0.487 e. The summed E-state index contributed by atoms with van der Waals surface area (Å²) in [5.74, 6) is 0.830. The van der Waals surface area contributed by atoms with Gasteiger partial charge in [0.05, 0.1) is 8.95 Å².